The molecule has 106 valence electrons. The third-order valence-corrected chi connectivity index (χ3v) is 5.75. The maximum Gasteiger partial charge on any atom is 0.137 e. The van der Waals surface area contributed by atoms with Crippen LogP contribution in [0.4, 0.5) is 0 Å². The molecular weight excluding hydrogens is 471 g/mol. The first kappa shape index (κ1) is 16.3. The summed E-state index contributed by atoms with van der Waals surface area (Å²) in [6.45, 7) is 2.08. The molecule has 0 saturated carbocycles. The van der Waals surface area contributed by atoms with Gasteiger partial charge in [-0.15, -0.1) is 0 Å². The lowest BCUT2D eigenvalue weighted by Gasteiger charge is -2.18. The van der Waals surface area contributed by atoms with Gasteiger partial charge in [-0.1, -0.05) is 55.6 Å². The van der Waals surface area contributed by atoms with E-state index in [9.17, 15) is 0 Å². The summed E-state index contributed by atoms with van der Waals surface area (Å²) >= 11 is 17.0. The molecule has 2 aromatic carbocycles. The number of halogens is 4. The average molecular weight is 483 g/mol. The van der Waals surface area contributed by atoms with Gasteiger partial charge in [0, 0.05) is 15.1 Å². The van der Waals surface area contributed by atoms with Gasteiger partial charge in [0.25, 0.3) is 0 Å². The fourth-order valence-corrected chi connectivity index (χ4v) is 4.26. The molecule has 0 amide bonds. The fourth-order valence-electron chi connectivity index (χ4n) is 2.05. The zero-order valence-electron chi connectivity index (χ0n) is 10.9. The third kappa shape index (κ3) is 3.24. The van der Waals surface area contributed by atoms with E-state index in [1.54, 1.807) is 7.11 Å². The zero-order valence-corrected chi connectivity index (χ0v) is 16.4. The third-order valence-electron chi connectivity index (χ3n) is 3.10. The Balaban J connectivity index is 2.58. The molecule has 0 aliphatic rings. The van der Waals surface area contributed by atoms with E-state index in [1.807, 2.05) is 24.3 Å². The first-order valence-electron chi connectivity index (χ1n) is 5.87. The average Bonchev–Trinajstić information content (AvgIpc) is 2.40. The van der Waals surface area contributed by atoms with Crippen molar-refractivity contribution >= 4 is 59.4 Å². The van der Waals surface area contributed by atoms with Crippen LogP contribution >= 0.6 is 59.4 Å². The smallest absolute Gasteiger partial charge is 0.137 e. The Kier molecular flexibility index (Phi) is 5.57. The van der Waals surface area contributed by atoms with Gasteiger partial charge in [0.1, 0.15) is 5.75 Å². The van der Waals surface area contributed by atoms with Crippen molar-refractivity contribution in [3.05, 3.63) is 61.0 Å². The number of alkyl halides is 1. The van der Waals surface area contributed by atoms with E-state index < -0.39 is 0 Å². The molecule has 0 aliphatic heterocycles. The molecule has 1 atom stereocenters. The van der Waals surface area contributed by atoms with E-state index in [0.29, 0.717) is 5.02 Å². The van der Waals surface area contributed by atoms with Crippen LogP contribution in [0.3, 0.4) is 0 Å². The summed E-state index contributed by atoms with van der Waals surface area (Å²) in [5, 5.41) is 0.671. The molecule has 2 rings (SSSR count). The molecule has 1 unspecified atom stereocenters. The van der Waals surface area contributed by atoms with Gasteiger partial charge in [0.15, 0.2) is 0 Å². The maximum atomic E-state index is 6.17. The Bertz CT molecular complexity index is 643. The van der Waals surface area contributed by atoms with Gasteiger partial charge in [-0.2, -0.15) is 0 Å². The molecule has 0 heterocycles. The standard InChI is InChI=1S/C15H12Br3ClO/c1-8-10(4-3-5-12(8)16)14(18)11-6-9(19)7-13(17)15(11)20-2/h3-7,14H,1-2H3. The molecule has 20 heavy (non-hydrogen) atoms. The van der Waals surface area contributed by atoms with E-state index in [2.05, 4.69) is 60.8 Å². The minimum atomic E-state index is 0.00458. The lowest BCUT2D eigenvalue weighted by atomic mass is 10.00. The number of ether oxygens (including phenoxy) is 1. The van der Waals surface area contributed by atoms with Crippen LogP contribution in [-0.2, 0) is 0 Å². The van der Waals surface area contributed by atoms with E-state index in [1.165, 1.54) is 11.1 Å². The number of methoxy groups -OCH3 is 1. The van der Waals surface area contributed by atoms with E-state index >= 15 is 0 Å². The Hall–Kier alpha value is -0.0300. The van der Waals surface area contributed by atoms with Gasteiger partial charge in [-0.3, -0.25) is 0 Å². The van der Waals surface area contributed by atoms with Crippen molar-refractivity contribution in [1.82, 2.24) is 0 Å². The highest BCUT2D eigenvalue weighted by molar-refractivity contribution is 9.11. The summed E-state index contributed by atoms with van der Waals surface area (Å²) in [7, 11) is 1.66. The van der Waals surface area contributed by atoms with E-state index in [-0.39, 0.29) is 4.83 Å². The van der Waals surface area contributed by atoms with E-state index in [0.717, 1.165) is 20.3 Å². The number of rotatable bonds is 3. The molecule has 0 aliphatic carbocycles. The van der Waals surface area contributed by atoms with Gasteiger partial charge < -0.3 is 4.74 Å². The van der Waals surface area contributed by atoms with Crippen LogP contribution in [0.2, 0.25) is 5.02 Å². The number of benzene rings is 2. The molecule has 0 bridgehead atoms. The molecule has 0 radical (unpaired) electrons. The normalized spacial score (nSPS) is 12.3. The highest BCUT2D eigenvalue weighted by Crippen LogP contribution is 2.43. The summed E-state index contributed by atoms with van der Waals surface area (Å²) in [5.41, 5.74) is 3.35. The minimum absolute atomic E-state index is 0.00458. The van der Waals surface area contributed by atoms with Gasteiger partial charge >= 0.3 is 0 Å². The summed E-state index contributed by atoms with van der Waals surface area (Å²) in [6.07, 6.45) is 0. The van der Waals surface area contributed by atoms with Crippen molar-refractivity contribution in [3.63, 3.8) is 0 Å². The van der Waals surface area contributed by atoms with Gasteiger partial charge in [0.2, 0.25) is 0 Å². The largest absolute Gasteiger partial charge is 0.495 e. The molecule has 1 nitrogen and oxygen atoms in total. The molecule has 5 heteroatoms. The molecule has 0 saturated heterocycles. The second-order valence-corrected chi connectivity index (χ2v) is 7.39. The maximum absolute atomic E-state index is 6.17. The fraction of sp³-hybridized carbons (Fsp3) is 0.200. The minimum Gasteiger partial charge on any atom is -0.495 e. The molecule has 0 N–H and O–H groups in total. The van der Waals surface area contributed by atoms with Crippen molar-refractivity contribution in [3.8, 4) is 5.75 Å². The molecule has 0 fully saturated rings. The summed E-state index contributed by atoms with van der Waals surface area (Å²) < 4.78 is 7.43. The van der Waals surface area contributed by atoms with Crippen LogP contribution in [0.15, 0.2) is 39.3 Å². The second-order valence-electron chi connectivity index (χ2n) is 4.33. The lowest BCUT2D eigenvalue weighted by Crippen LogP contribution is -2.00. The topological polar surface area (TPSA) is 9.23 Å². The molecule has 0 aromatic heterocycles. The van der Waals surface area contributed by atoms with Crippen molar-refractivity contribution in [2.45, 2.75) is 11.8 Å². The molecular formula is C15H12Br3ClO. The van der Waals surface area contributed by atoms with Gasteiger partial charge in [-0.25, -0.2) is 0 Å². The van der Waals surface area contributed by atoms with E-state index in [4.69, 9.17) is 16.3 Å². The predicted molar refractivity (Wildman–Crippen MR) is 95.4 cm³/mol. The van der Waals surface area contributed by atoms with Crippen LogP contribution < -0.4 is 4.74 Å². The quantitative estimate of drug-likeness (QED) is 0.444. The number of hydrogen-bond acceptors (Lipinski definition) is 1. The Morgan fingerprint density at radius 1 is 1.10 bits per heavy atom. The van der Waals surface area contributed by atoms with Crippen molar-refractivity contribution in [2.24, 2.45) is 0 Å². The van der Waals surface area contributed by atoms with Gasteiger partial charge in [0.05, 0.1) is 16.4 Å². The Labute approximate surface area is 149 Å². The van der Waals surface area contributed by atoms with Crippen LogP contribution in [-0.4, -0.2) is 7.11 Å². The van der Waals surface area contributed by atoms with Crippen LogP contribution in [0.5, 0.6) is 5.75 Å². The highest BCUT2D eigenvalue weighted by atomic mass is 79.9. The summed E-state index contributed by atoms with van der Waals surface area (Å²) in [4.78, 5) is 0.00458. The van der Waals surface area contributed by atoms with Gasteiger partial charge in [-0.05, 0) is 52.2 Å². The first-order chi connectivity index (χ1) is 9.45. The lowest BCUT2D eigenvalue weighted by molar-refractivity contribution is 0.408. The van der Waals surface area contributed by atoms with Crippen molar-refractivity contribution < 1.29 is 4.74 Å². The SMILES string of the molecule is COc1c(Br)cc(Cl)cc1C(Br)c1cccc(Br)c1C. The zero-order chi connectivity index (χ0) is 14.9. The van der Waals surface area contributed by atoms with Crippen LogP contribution in [0.1, 0.15) is 21.5 Å². The second kappa shape index (κ2) is 6.82. The van der Waals surface area contributed by atoms with Crippen LogP contribution in [0, 0.1) is 6.92 Å². The Morgan fingerprint density at radius 2 is 1.80 bits per heavy atom. The molecule has 0 spiro atoms. The van der Waals surface area contributed by atoms with Crippen molar-refractivity contribution in [1.29, 1.82) is 0 Å². The molecule has 2 aromatic rings. The predicted octanol–water partition coefficient (Wildman–Crippen LogP) is 6.67. The highest BCUT2D eigenvalue weighted by Gasteiger charge is 2.20. The number of hydrogen-bond donors (Lipinski definition) is 0. The monoisotopic (exact) mass is 480 g/mol. The van der Waals surface area contributed by atoms with Crippen LogP contribution in [0.25, 0.3) is 0 Å². The summed E-state index contributed by atoms with van der Waals surface area (Å²) in [6, 6.07) is 9.90. The Morgan fingerprint density at radius 3 is 2.45 bits per heavy atom. The summed E-state index contributed by atoms with van der Waals surface area (Å²) in [5.74, 6) is 0.788. The van der Waals surface area contributed by atoms with Crippen molar-refractivity contribution in [2.75, 3.05) is 7.11 Å². The first-order valence-corrected chi connectivity index (χ1v) is 8.75.